The number of hydrogen-bond acceptors (Lipinski definition) is 6. The van der Waals surface area contributed by atoms with Crippen LogP contribution in [0.1, 0.15) is 79.9 Å². The number of fused-ring (bicyclic) bond motifs is 1. The highest BCUT2D eigenvalue weighted by molar-refractivity contribution is 5.56. The summed E-state index contributed by atoms with van der Waals surface area (Å²) in [5, 5.41) is 13.7. The van der Waals surface area contributed by atoms with E-state index in [1.165, 1.54) is 24.1 Å². The molecule has 1 aliphatic heterocycles. The second-order valence-corrected chi connectivity index (χ2v) is 7.69. The van der Waals surface area contributed by atoms with Gasteiger partial charge in [-0.2, -0.15) is 10.2 Å². The number of anilines is 1. The fraction of sp³-hybridized carbons (Fsp3) is 0.600. The van der Waals surface area contributed by atoms with E-state index in [4.69, 9.17) is 9.51 Å². The predicted octanol–water partition coefficient (Wildman–Crippen LogP) is 3.72. The second-order valence-electron chi connectivity index (χ2n) is 7.69. The van der Waals surface area contributed by atoms with Crippen molar-refractivity contribution in [2.75, 3.05) is 18.0 Å². The van der Waals surface area contributed by atoms with Crippen LogP contribution in [0, 0.1) is 11.3 Å². The van der Waals surface area contributed by atoms with Gasteiger partial charge < -0.3 is 9.42 Å². The number of hydrogen-bond donors (Lipinski definition) is 0. The fourth-order valence-corrected chi connectivity index (χ4v) is 3.93. The highest BCUT2D eigenvalue weighted by Crippen LogP contribution is 2.32. The molecule has 4 rings (SSSR count). The van der Waals surface area contributed by atoms with Gasteiger partial charge in [0.1, 0.15) is 11.9 Å². The smallest absolute Gasteiger partial charge is 0.229 e. The van der Waals surface area contributed by atoms with Crippen LogP contribution < -0.4 is 4.90 Å². The van der Waals surface area contributed by atoms with Gasteiger partial charge in [-0.15, -0.1) is 0 Å². The van der Waals surface area contributed by atoms with Gasteiger partial charge in [0.05, 0.1) is 5.56 Å². The van der Waals surface area contributed by atoms with Gasteiger partial charge in [-0.1, -0.05) is 19.0 Å². The van der Waals surface area contributed by atoms with Gasteiger partial charge in [0.15, 0.2) is 5.82 Å². The zero-order valence-corrected chi connectivity index (χ0v) is 15.5. The first-order valence-corrected chi connectivity index (χ1v) is 9.67. The lowest BCUT2D eigenvalue weighted by Gasteiger charge is -2.32. The minimum Gasteiger partial charge on any atom is -0.355 e. The van der Waals surface area contributed by atoms with Crippen molar-refractivity contribution in [3.05, 3.63) is 34.6 Å². The van der Waals surface area contributed by atoms with Crippen LogP contribution >= 0.6 is 0 Å². The van der Waals surface area contributed by atoms with Crippen LogP contribution in [-0.4, -0.2) is 28.2 Å². The predicted molar refractivity (Wildman–Crippen MR) is 98.2 cm³/mol. The normalized spacial score (nSPS) is 18.0. The van der Waals surface area contributed by atoms with Crippen LogP contribution in [0.5, 0.6) is 0 Å². The first-order chi connectivity index (χ1) is 12.7. The molecule has 0 N–H and O–H groups in total. The molecule has 0 aromatic carbocycles. The molecule has 2 aromatic heterocycles. The maximum absolute atomic E-state index is 9.59. The Bertz CT molecular complexity index is 827. The SMILES string of the molecule is CC(C)c1noc(C2CCN(c3nc4c(cc3C#N)CCCC4)CC2)n1. The summed E-state index contributed by atoms with van der Waals surface area (Å²) in [6, 6.07) is 4.42. The summed E-state index contributed by atoms with van der Waals surface area (Å²) < 4.78 is 5.48. The molecule has 0 atom stereocenters. The molecule has 0 unspecified atom stereocenters. The van der Waals surface area contributed by atoms with Gasteiger partial charge in [-0.3, -0.25) is 0 Å². The number of nitrogens with zero attached hydrogens (tertiary/aromatic N) is 5. The van der Waals surface area contributed by atoms with Gasteiger partial charge in [0.2, 0.25) is 5.89 Å². The van der Waals surface area contributed by atoms with Crippen molar-refractivity contribution in [3.63, 3.8) is 0 Å². The molecule has 0 spiro atoms. The maximum Gasteiger partial charge on any atom is 0.229 e. The van der Waals surface area contributed by atoms with Crippen LogP contribution in [0.15, 0.2) is 10.6 Å². The van der Waals surface area contributed by atoms with Gasteiger partial charge in [-0.25, -0.2) is 4.98 Å². The fourth-order valence-electron chi connectivity index (χ4n) is 3.93. The summed E-state index contributed by atoms with van der Waals surface area (Å²) in [4.78, 5) is 11.7. The molecule has 2 aromatic rings. The molecule has 6 heteroatoms. The summed E-state index contributed by atoms with van der Waals surface area (Å²) >= 11 is 0. The number of rotatable bonds is 3. The Labute approximate surface area is 154 Å². The first kappa shape index (κ1) is 17.0. The average molecular weight is 351 g/mol. The van der Waals surface area contributed by atoms with Crippen LogP contribution in [0.2, 0.25) is 0 Å². The number of nitriles is 1. The van der Waals surface area contributed by atoms with Gasteiger partial charge in [0, 0.05) is 30.6 Å². The lowest BCUT2D eigenvalue weighted by atomic mass is 9.93. The van der Waals surface area contributed by atoms with E-state index in [0.29, 0.717) is 11.5 Å². The summed E-state index contributed by atoms with van der Waals surface area (Å²) in [7, 11) is 0. The molecule has 136 valence electrons. The second kappa shape index (κ2) is 7.06. The Morgan fingerprint density at radius 2 is 1.96 bits per heavy atom. The Morgan fingerprint density at radius 3 is 2.65 bits per heavy atom. The van der Waals surface area contributed by atoms with Crippen molar-refractivity contribution in [2.24, 2.45) is 0 Å². The van der Waals surface area contributed by atoms with E-state index in [-0.39, 0.29) is 5.92 Å². The Morgan fingerprint density at radius 1 is 1.19 bits per heavy atom. The quantitative estimate of drug-likeness (QED) is 0.838. The van der Waals surface area contributed by atoms with Crippen molar-refractivity contribution in [2.45, 2.75) is 64.2 Å². The van der Waals surface area contributed by atoms with E-state index in [1.807, 2.05) is 0 Å². The number of aryl methyl sites for hydroxylation is 2. The largest absolute Gasteiger partial charge is 0.355 e. The molecular formula is C20H25N5O. The van der Waals surface area contributed by atoms with Gasteiger partial charge >= 0.3 is 0 Å². The number of pyridine rings is 1. The highest BCUT2D eigenvalue weighted by Gasteiger charge is 2.28. The molecule has 1 saturated heterocycles. The summed E-state index contributed by atoms with van der Waals surface area (Å²) in [6.45, 7) is 5.87. The standard InChI is InChI=1S/C20H25N5O/c1-13(2)18-23-20(26-24-18)14-7-9-25(10-8-14)19-16(12-21)11-15-5-3-4-6-17(15)22-19/h11,13-14H,3-10H2,1-2H3. The Balaban J connectivity index is 1.50. The lowest BCUT2D eigenvalue weighted by Crippen LogP contribution is -2.34. The van der Waals surface area contributed by atoms with E-state index in [1.54, 1.807) is 0 Å². The molecule has 1 aliphatic carbocycles. The Kier molecular flexibility index (Phi) is 4.62. The zero-order chi connectivity index (χ0) is 18.1. The molecule has 0 bridgehead atoms. The van der Waals surface area contributed by atoms with Crippen LogP contribution in [-0.2, 0) is 12.8 Å². The minimum atomic E-state index is 0.283. The Hall–Kier alpha value is -2.42. The van der Waals surface area contributed by atoms with E-state index < -0.39 is 0 Å². The lowest BCUT2D eigenvalue weighted by molar-refractivity contribution is 0.325. The molecule has 2 aliphatic rings. The van der Waals surface area contributed by atoms with E-state index in [2.05, 4.69) is 41.0 Å². The molecular weight excluding hydrogens is 326 g/mol. The highest BCUT2D eigenvalue weighted by atomic mass is 16.5. The topological polar surface area (TPSA) is 78.8 Å². The monoisotopic (exact) mass is 351 g/mol. The molecule has 0 saturated carbocycles. The number of aromatic nitrogens is 3. The van der Waals surface area contributed by atoms with Crippen LogP contribution in [0.25, 0.3) is 0 Å². The van der Waals surface area contributed by atoms with Gasteiger partial charge in [-0.05, 0) is 50.2 Å². The van der Waals surface area contributed by atoms with Crippen molar-refractivity contribution in [1.82, 2.24) is 15.1 Å². The average Bonchev–Trinajstić information content (AvgIpc) is 3.17. The molecule has 3 heterocycles. The third-order valence-corrected chi connectivity index (χ3v) is 5.52. The zero-order valence-electron chi connectivity index (χ0n) is 15.5. The van der Waals surface area contributed by atoms with Crippen LogP contribution in [0.4, 0.5) is 5.82 Å². The molecule has 26 heavy (non-hydrogen) atoms. The summed E-state index contributed by atoms with van der Waals surface area (Å²) in [5.41, 5.74) is 3.16. The third kappa shape index (κ3) is 3.18. The van der Waals surface area contributed by atoms with Crippen molar-refractivity contribution in [3.8, 4) is 6.07 Å². The number of piperidine rings is 1. The summed E-state index contributed by atoms with van der Waals surface area (Å²) in [6.07, 6.45) is 6.38. The molecule has 1 fully saturated rings. The van der Waals surface area contributed by atoms with E-state index >= 15 is 0 Å². The third-order valence-electron chi connectivity index (χ3n) is 5.52. The molecule has 0 radical (unpaired) electrons. The van der Waals surface area contributed by atoms with Crippen molar-refractivity contribution >= 4 is 5.82 Å². The van der Waals surface area contributed by atoms with Crippen LogP contribution in [0.3, 0.4) is 0 Å². The molecule has 6 nitrogen and oxygen atoms in total. The van der Waals surface area contributed by atoms with Gasteiger partial charge in [0.25, 0.3) is 0 Å². The summed E-state index contributed by atoms with van der Waals surface area (Å²) in [5.74, 6) is 2.98. The first-order valence-electron chi connectivity index (χ1n) is 9.67. The van der Waals surface area contributed by atoms with E-state index in [9.17, 15) is 5.26 Å². The van der Waals surface area contributed by atoms with E-state index in [0.717, 1.165) is 56.3 Å². The van der Waals surface area contributed by atoms with Crippen molar-refractivity contribution < 1.29 is 4.52 Å². The molecule has 0 amide bonds. The minimum absolute atomic E-state index is 0.283. The van der Waals surface area contributed by atoms with Crippen molar-refractivity contribution in [1.29, 1.82) is 5.26 Å². The maximum atomic E-state index is 9.59.